The van der Waals surface area contributed by atoms with Crippen LogP contribution in [0.2, 0.25) is 0 Å². The van der Waals surface area contributed by atoms with E-state index in [0.717, 1.165) is 38.5 Å². The summed E-state index contributed by atoms with van der Waals surface area (Å²) in [5.74, 6) is -8.39. The second-order valence-corrected chi connectivity index (χ2v) is 19.3. The quantitative estimate of drug-likeness (QED) is 0.0433. The Bertz CT molecular complexity index is 1860. The number of carbonyl (C=O) groups is 4. The van der Waals surface area contributed by atoms with Gasteiger partial charge < -0.3 is 39.0 Å². The van der Waals surface area contributed by atoms with Crippen LogP contribution in [0.1, 0.15) is 120 Å². The van der Waals surface area contributed by atoms with Crippen LogP contribution in [0.5, 0.6) is 0 Å². The van der Waals surface area contributed by atoms with Crippen LogP contribution in [0.25, 0.3) is 0 Å². The number of aliphatic hydroxyl groups excluding tert-OH is 1. The highest BCUT2D eigenvalue weighted by atomic mass is 16.7. The minimum atomic E-state index is -2.24. The number of allylic oxidation sites excluding steroid dienone is 13. The van der Waals surface area contributed by atoms with E-state index < -0.39 is 94.2 Å². The van der Waals surface area contributed by atoms with Crippen molar-refractivity contribution in [3.63, 3.8) is 0 Å². The fourth-order valence-corrected chi connectivity index (χ4v) is 11.5. The van der Waals surface area contributed by atoms with Gasteiger partial charge in [0.05, 0.1) is 25.2 Å². The molecule has 0 aromatic heterocycles. The molecule has 5 unspecified atom stereocenters. The van der Waals surface area contributed by atoms with Gasteiger partial charge in [0.2, 0.25) is 6.10 Å². The van der Waals surface area contributed by atoms with Gasteiger partial charge in [-0.25, -0.2) is 9.59 Å². The Kier molecular flexibility index (Phi) is 17.4. The fraction of sp³-hybridized carbons (Fsp3) is 0.654. The molecule has 64 heavy (non-hydrogen) atoms. The van der Waals surface area contributed by atoms with Crippen molar-refractivity contribution in [2.24, 2.45) is 46.3 Å². The van der Waals surface area contributed by atoms with E-state index in [0.29, 0.717) is 18.4 Å². The number of hydrogen-bond acceptors (Lipinski definition) is 12. The molecule has 0 aromatic carbocycles. The van der Waals surface area contributed by atoms with Gasteiger partial charge >= 0.3 is 18.1 Å². The topological polar surface area (TPSA) is 175 Å². The van der Waals surface area contributed by atoms with E-state index in [9.17, 15) is 34.5 Å². The number of fused-ring (bicyclic) bond motifs is 1. The fourth-order valence-electron chi connectivity index (χ4n) is 11.5. The van der Waals surface area contributed by atoms with Crippen molar-refractivity contribution >= 4 is 23.9 Å². The third-order valence-corrected chi connectivity index (χ3v) is 14.8. The van der Waals surface area contributed by atoms with E-state index in [1.807, 2.05) is 6.08 Å². The molecule has 4 fully saturated rings. The lowest BCUT2D eigenvalue weighted by Gasteiger charge is -2.68. The molecule has 5 rings (SSSR count). The largest absolute Gasteiger partial charge is 0.509 e. The monoisotopic (exact) mass is 891 g/mol. The Morgan fingerprint density at radius 3 is 1.98 bits per heavy atom. The molecule has 3 aliphatic carbocycles. The molecule has 2 bridgehead atoms. The summed E-state index contributed by atoms with van der Waals surface area (Å²) >= 11 is 0. The third kappa shape index (κ3) is 10.3. The van der Waals surface area contributed by atoms with Crippen LogP contribution in [-0.4, -0.2) is 88.2 Å². The van der Waals surface area contributed by atoms with Gasteiger partial charge in [-0.15, -0.1) is 0 Å². The van der Waals surface area contributed by atoms with E-state index in [1.165, 1.54) is 6.08 Å². The van der Waals surface area contributed by atoms with E-state index in [1.54, 1.807) is 48.5 Å². The summed E-state index contributed by atoms with van der Waals surface area (Å²) in [6.45, 7) is 14.4. The number of aliphatic hydroxyl groups is 3. The Hall–Kier alpha value is -4.10. The minimum absolute atomic E-state index is 0.0489. The molecular formula is C52H74O12. The summed E-state index contributed by atoms with van der Waals surface area (Å²) in [7, 11) is 0. The van der Waals surface area contributed by atoms with E-state index in [4.69, 9.17) is 23.7 Å². The zero-order valence-corrected chi connectivity index (χ0v) is 39.3. The number of ether oxygens (including phenoxy) is 5. The standard InChI is InChI=1S/C52H74O12/c1-9-10-11-12-13-14-15-16-17-18-19-20-21-22-23-24-25-26-27-28-29-60-48(57)64-45-39(53)30-36(6)38-31-40-50-33-61-52(59,47(50)49(38,45)8)44(55)37(7)42(50)43(46(56)62-40)63-41(54)32-51(58,34(2)3)35(4)5/h10-11,13-14,16-17,19-20,22-23,25-26,30,34-35,37-38,40,42-45,47,55,58-59H,9,12,15,18,21,24,27-29,31-33H2,1-8H3/b11-10-,14-13-,17-16-,20-19-,23-22-,26-25-/t37?,38-,40+,42?,43?,44+,45+,47?,49?,50-,52+/m0/s1. The molecule has 0 radical (unpaired) electrons. The third-order valence-electron chi connectivity index (χ3n) is 14.8. The lowest BCUT2D eigenvalue weighted by molar-refractivity contribution is -0.340. The molecule has 5 aliphatic rings. The maximum atomic E-state index is 14.0. The molecule has 2 saturated heterocycles. The predicted octanol–water partition coefficient (Wildman–Crippen LogP) is 8.76. The zero-order valence-electron chi connectivity index (χ0n) is 39.3. The molecule has 2 saturated carbocycles. The Labute approximate surface area is 380 Å². The summed E-state index contributed by atoms with van der Waals surface area (Å²) < 4.78 is 29.7. The molecule has 12 nitrogen and oxygen atoms in total. The highest BCUT2D eigenvalue weighted by molar-refractivity contribution is 5.97. The van der Waals surface area contributed by atoms with Crippen molar-refractivity contribution in [3.05, 3.63) is 84.6 Å². The maximum absolute atomic E-state index is 14.0. The van der Waals surface area contributed by atoms with E-state index in [-0.39, 0.29) is 37.9 Å². The van der Waals surface area contributed by atoms with Gasteiger partial charge in [0.15, 0.2) is 17.7 Å². The molecule has 1 spiro atoms. The highest BCUT2D eigenvalue weighted by Crippen LogP contribution is 2.74. The van der Waals surface area contributed by atoms with Crippen molar-refractivity contribution in [1.82, 2.24) is 0 Å². The first-order valence-corrected chi connectivity index (χ1v) is 23.5. The Balaban J connectivity index is 1.19. The Morgan fingerprint density at radius 2 is 1.44 bits per heavy atom. The van der Waals surface area contributed by atoms with Gasteiger partial charge in [0, 0.05) is 22.7 Å². The SMILES string of the molecule is CC/C=C\C/C=C\C/C=C\C/C=C\C/C=C\C/C=C\CCCOC(=O)O[C@@H]1C(=O)C=C(C)[C@@H]2C[C@H]3OC(=O)C(OC(=O)CC(O)(C(C)C)C(C)C)C4C(C)[C@@H](O)[C@@]5(O)OC[C@@]43C5C12C. The second-order valence-electron chi connectivity index (χ2n) is 19.3. The number of esters is 2. The van der Waals surface area contributed by atoms with Crippen LogP contribution < -0.4 is 0 Å². The lowest BCUT2D eigenvalue weighted by Crippen LogP contribution is -2.78. The van der Waals surface area contributed by atoms with Gasteiger partial charge in [-0.3, -0.25) is 9.59 Å². The van der Waals surface area contributed by atoms with Crippen molar-refractivity contribution in [2.75, 3.05) is 13.2 Å². The van der Waals surface area contributed by atoms with Gasteiger partial charge in [0.1, 0.15) is 12.2 Å². The van der Waals surface area contributed by atoms with Crippen molar-refractivity contribution < 1.29 is 58.2 Å². The highest BCUT2D eigenvalue weighted by Gasteiger charge is 2.84. The first-order chi connectivity index (χ1) is 30.4. The number of ketones is 1. The van der Waals surface area contributed by atoms with Crippen molar-refractivity contribution in [3.8, 4) is 0 Å². The number of unbranched alkanes of at least 4 members (excludes halogenated alkanes) is 1. The zero-order chi connectivity index (χ0) is 46.9. The molecule has 2 aliphatic heterocycles. The van der Waals surface area contributed by atoms with E-state index >= 15 is 0 Å². The summed E-state index contributed by atoms with van der Waals surface area (Å²) in [4.78, 5) is 54.9. The number of hydrogen-bond donors (Lipinski definition) is 3. The van der Waals surface area contributed by atoms with Crippen LogP contribution in [-0.2, 0) is 38.1 Å². The second kappa shape index (κ2) is 21.9. The van der Waals surface area contributed by atoms with Crippen LogP contribution in [0.15, 0.2) is 84.6 Å². The van der Waals surface area contributed by atoms with Crippen LogP contribution in [0.3, 0.4) is 0 Å². The molecule has 354 valence electrons. The van der Waals surface area contributed by atoms with Crippen molar-refractivity contribution in [2.45, 2.75) is 155 Å². The molecule has 11 atom stereocenters. The average Bonchev–Trinajstić information content (AvgIpc) is 3.53. The predicted molar refractivity (Wildman–Crippen MR) is 243 cm³/mol. The summed E-state index contributed by atoms with van der Waals surface area (Å²) in [6.07, 6.45) is 27.2. The van der Waals surface area contributed by atoms with Crippen LogP contribution in [0, 0.1) is 46.3 Å². The van der Waals surface area contributed by atoms with Gasteiger partial charge in [-0.1, -0.05) is 127 Å². The first-order valence-electron chi connectivity index (χ1n) is 23.5. The minimum Gasteiger partial charge on any atom is -0.459 e. The first kappa shape index (κ1) is 50.9. The number of rotatable bonds is 21. The summed E-state index contributed by atoms with van der Waals surface area (Å²) in [5.41, 5.74) is -3.41. The van der Waals surface area contributed by atoms with E-state index in [2.05, 4.69) is 73.8 Å². The summed E-state index contributed by atoms with van der Waals surface area (Å²) in [5, 5.41) is 35.8. The molecule has 12 heteroatoms. The van der Waals surface area contributed by atoms with Crippen LogP contribution in [0.4, 0.5) is 4.79 Å². The smallest absolute Gasteiger partial charge is 0.459 e. The molecule has 0 aromatic rings. The normalized spacial score (nSPS) is 33.9. The average molecular weight is 891 g/mol. The molecule has 0 amide bonds. The van der Waals surface area contributed by atoms with Gasteiger partial charge in [0.25, 0.3) is 0 Å². The van der Waals surface area contributed by atoms with Crippen molar-refractivity contribution in [1.29, 1.82) is 0 Å². The number of carbonyl (C=O) groups excluding carboxylic acids is 4. The molecular weight excluding hydrogens is 817 g/mol. The summed E-state index contributed by atoms with van der Waals surface area (Å²) in [6, 6.07) is 0. The Morgan fingerprint density at radius 1 is 0.891 bits per heavy atom. The molecule has 3 N–H and O–H groups in total. The van der Waals surface area contributed by atoms with Crippen LogP contribution >= 0.6 is 0 Å². The lowest BCUT2D eigenvalue weighted by atomic mass is 9.38. The molecule has 2 heterocycles. The van der Waals surface area contributed by atoms with Gasteiger partial charge in [-0.05, 0) is 94.5 Å². The van der Waals surface area contributed by atoms with Gasteiger partial charge in [-0.2, -0.15) is 0 Å². The maximum Gasteiger partial charge on any atom is 0.509 e.